The predicted molar refractivity (Wildman–Crippen MR) is 136 cm³/mol. The lowest BCUT2D eigenvalue weighted by molar-refractivity contribution is -0.128. The second-order valence-corrected chi connectivity index (χ2v) is 8.40. The molecular formula is C23H38IN5O2. The zero-order valence-corrected chi connectivity index (χ0v) is 21.4. The highest BCUT2D eigenvalue weighted by atomic mass is 127. The highest BCUT2D eigenvalue weighted by molar-refractivity contribution is 14.0. The first-order valence-corrected chi connectivity index (χ1v) is 11.3. The number of morpholine rings is 1. The number of aliphatic imine (C=N–C) groups is 1. The van der Waals surface area contributed by atoms with Crippen LogP contribution in [0.3, 0.4) is 0 Å². The van der Waals surface area contributed by atoms with Crippen molar-refractivity contribution >= 4 is 35.8 Å². The number of halogens is 1. The number of rotatable bonds is 7. The largest absolute Gasteiger partial charge is 0.373 e. The molecule has 7 nitrogen and oxygen atoms in total. The van der Waals surface area contributed by atoms with Crippen LogP contribution < -0.4 is 10.6 Å². The number of nitrogens with zero attached hydrogens (tertiary/aromatic N) is 3. The summed E-state index contributed by atoms with van der Waals surface area (Å²) in [5.41, 5.74) is 2.47. The molecule has 2 heterocycles. The fourth-order valence-corrected chi connectivity index (χ4v) is 4.17. The van der Waals surface area contributed by atoms with Gasteiger partial charge in [-0.15, -0.1) is 24.0 Å². The molecule has 3 rings (SSSR count). The van der Waals surface area contributed by atoms with E-state index in [0.29, 0.717) is 19.0 Å². The van der Waals surface area contributed by atoms with E-state index in [1.165, 1.54) is 5.56 Å². The Kier molecular flexibility index (Phi) is 11.0. The third-order valence-corrected chi connectivity index (χ3v) is 5.55. The number of carbonyl (C=O) groups is 1. The molecule has 31 heavy (non-hydrogen) atoms. The van der Waals surface area contributed by atoms with Crippen LogP contribution in [-0.2, 0) is 22.6 Å². The maximum atomic E-state index is 12.2. The number of carbonyl (C=O) groups excluding carboxylic acids is 1. The van der Waals surface area contributed by atoms with Gasteiger partial charge in [0.1, 0.15) is 0 Å². The van der Waals surface area contributed by atoms with E-state index in [4.69, 9.17) is 4.74 Å². The third kappa shape index (κ3) is 8.57. The summed E-state index contributed by atoms with van der Waals surface area (Å²) in [6, 6.07) is 8.66. The average Bonchev–Trinajstić information content (AvgIpc) is 3.25. The lowest BCUT2D eigenvalue weighted by Crippen LogP contribution is -2.44. The molecule has 2 unspecified atom stereocenters. The van der Waals surface area contributed by atoms with Gasteiger partial charge in [0.15, 0.2) is 5.96 Å². The standard InChI is InChI=1S/C23H37N5O2.HI/c1-4-24-23(26-14-22(29)28-11-5-6-12-28)25-13-20-7-9-21(10-8-20)17-27-15-18(2)30-19(3)16-27;/h7-10,18-19H,4-6,11-17H2,1-3H3,(H2,24,25,26);1H. The molecule has 2 saturated heterocycles. The summed E-state index contributed by atoms with van der Waals surface area (Å²) in [5, 5.41) is 6.39. The highest BCUT2D eigenvalue weighted by Crippen LogP contribution is 2.15. The monoisotopic (exact) mass is 543 g/mol. The van der Waals surface area contributed by atoms with Crippen LogP contribution in [0.15, 0.2) is 29.3 Å². The van der Waals surface area contributed by atoms with Crippen molar-refractivity contribution in [3.05, 3.63) is 35.4 Å². The van der Waals surface area contributed by atoms with Crippen molar-refractivity contribution in [2.75, 3.05) is 39.3 Å². The van der Waals surface area contributed by atoms with Gasteiger partial charge in [0.25, 0.3) is 0 Å². The summed E-state index contributed by atoms with van der Waals surface area (Å²) >= 11 is 0. The van der Waals surface area contributed by atoms with Gasteiger partial charge in [-0.1, -0.05) is 24.3 Å². The van der Waals surface area contributed by atoms with Gasteiger partial charge in [0, 0.05) is 39.3 Å². The number of amides is 1. The maximum absolute atomic E-state index is 12.2. The number of hydrogen-bond donors (Lipinski definition) is 2. The van der Waals surface area contributed by atoms with E-state index in [1.54, 1.807) is 0 Å². The van der Waals surface area contributed by atoms with Crippen molar-refractivity contribution in [1.82, 2.24) is 20.4 Å². The minimum absolute atomic E-state index is 0. The zero-order valence-electron chi connectivity index (χ0n) is 19.1. The molecule has 0 aliphatic carbocycles. The van der Waals surface area contributed by atoms with Crippen molar-refractivity contribution in [3.8, 4) is 0 Å². The second-order valence-electron chi connectivity index (χ2n) is 8.40. The molecule has 0 radical (unpaired) electrons. The van der Waals surface area contributed by atoms with Crippen molar-refractivity contribution in [1.29, 1.82) is 0 Å². The van der Waals surface area contributed by atoms with E-state index < -0.39 is 0 Å². The number of likely N-dealkylation sites (tertiary alicyclic amines) is 1. The zero-order chi connectivity index (χ0) is 21.3. The van der Waals surface area contributed by atoms with Gasteiger partial charge in [-0.2, -0.15) is 0 Å². The Balaban J connectivity index is 0.00000341. The fraction of sp³-hybridized carbons (Fsp3) is 0.652. The molecule has 2 aliphatic rings. The first-order valence-electron chi connectivity index (χ1n) is 11.3. The smallest absolute Gasteiger partial charge is 0.241 e. The van der Waals surface area contributed by atoms with E-state index in [-0.39, 0.29) is 42.1 Å². The van der Waals surface area contributed by atoms with Gasteiger partial charge < -0.3 is 20.3 Å². The molecular weight excluding hydrogens is 505 g/mol. The summed E-state index contributed by atoms with van der Waals surface area (Å²) in [6.45, 7) is 12.6. The Bertz CT molecular complexity index is 696. The number of hydrogen-bond acceptors (Lipinski definition) is 4. The Labute approximate surface area is 204 Å². The summed E-state index contributed by atoms with van der Waals surface area (Å²) in [7, 11) is 0. The Morgan fingerprint density at radius 3 is 2.29 bits per heavy atom. The molecule has 0 aromatic heterocycles. The number of nitrogens with one attached hydrogen (secondary N) is 2. The van der Waals surface area contributed by atoms with Gasteiger partial charge in [-0.05, 0) is 44.7 Å². The molecule has 2 atom stereocenters. The molecule has 1 aromatic rings. The van der Waals surface area contributed by atoms with Crippen LogP contribution in [0, 0.1) is 0 Å². The van der Waals surface area contributed by atoms with Crippen molar-refractivity contribution < 1.29 is 9.53 Å². The number of ether oxygens (including phenoxy) is 1. The van der Waals surface area contributed by atoms with Crippen molar-refractivity contribution in [3.63, 3.8) is 0 Å². The van der Waals surface area contributed by atoms with E-state index in [1.807, 2.05) is 11.8 Å². The molecule has 1 aromatic carbocycles. The molecule has 2 aliphatic heterocycles. The van der Waals surface area contributed by atoms with Gasteiger partial charge in [-0.25, -0.2) is 4.99 Å². The van der Waals surface area contributed by atoms with Crippen molar-refractivity contribution in [2.24, 2.45) is 4.99 Å². The molecule has 174 valence electrons. The topological polar surface area (TPSA) is 69.2 Å². The van der Waals surface area contributed by atoms with Gasteiger partial charge >= 0.3 is 0 Å². The maximum Gasteiger partial charge on any atom is 0.241 e. The van der Waals surface area contributed by atoms with Crippen LogP contribution in [0.4, 0.5) is 0 Å². The molecule has 2 fully saturated rings. The molecule has 8 heteroatoms. The van der Waals surface area contributed by atoms with Crippen LogP contribution >= 0.6 is 24.0 Å². The first-order chi connectivity index (χ1) is 14.5. The molecule has 1 amide bonds. The quantitative estimate of drug-likeness (QED) is 0.315. The summed E-state index contributed by atoms with van der Waals surface area (Å²) in [6.07, 6.45) is 2.80. The first kappa shape index (κ1) is 25.9. The molecule has 0 saturated carbocycles. The summed E-state index contributed by atoms with van der Waals surface area (Å²) in [5.74, 6) is 0.833. The van der Waals surface area contributed by atoms with Crippen LogP contribution in [0.5, 0.6) is 0 Å². The van der Waals surface area contributed by atoms with Gasteiger partial charge in [-0.3, -0.25) is 9.69 Å². The van der Waals surface area contributed by atoms with E-state index in [2.05, 4.69) is 58.6 Å². The molecule has 0 spiro atoms. The van der Waals surface area contributed by atoms with Gasteiger partial charge in [0.2, 0.25) is 5.91 Å². The van der Waals surface area contributed by atoms with Crippen LogP contribution in [-0.4, -0.2) is 73.1 Å². The van der Waals surface area contributed by atoms with Crippen LogP contribution in [0.2, 0.25) is 0 Å². The Hall–Kier alpha value is -1.39. The van der Waals surface area contributed by atoms with Crippen LogP contribution in [0.1, 0.15) is 44.7 Å². The highest BCUT2D eigenvalue weighted by Gasteiger charge is 2.22. The second kappa shape index (κ2) is 13.2. The minimum Gasteiger partial charge on any atom is -0.373 e. The van der Waals surface area contributed by atoms with E-state index in [0.717, 1.165) is 57.7 Å². The molecule has 2 N–H and O–H groups in total. The Morgan fingerprint density at radius 2 is 1.68 bits per heavy atom. The lowest BCUT2D eigenvalue weighted by Gasteiger charge is -2.35. The SMILES string of the molecule is CCNC(=NCc1ccc(CN2CC(C)OC(C)C2)cc1)NCC(=O)N1CCCC1.I. The van der Waals surface area contributed by atoms with Gasteiger partial charge in [0.05, 0.1) is 25.3 Å². The fourth-order valence-electron chi connectivity index (χ4n) is 4.17. The molecule has 0 bridgehead atoms. The summed E-state index contributed by atoms with van der Waals surface area (Å²) in [4.78, 5) is 21.3. The van der Waals surface area contributed by atoms with Crippen molar-refractivity contribution in [2.45, 2.75) is 58.9 Å². The lowest BCUT2D eigenvalue weighted by atomic mass is 10.1. The predicted octanol–water partition coefficient (Wildman–Crippen LogP) is 2.59. The number of guanidine groups is 1. The Morgan fingerprint density at radius 1 is 1.06 bits per heavy atom. The van der Waals surface area contributed by atoms with E-state index >= 15 is 0 Å². The van der Waals surface area contributed by atoms with Crippen LogP contribution in [0.25, 0.3) is 0 Å². The minimum atomic E-state index is 0. The third-order valence-electron chi connectivity index (χ3n) is 5.55. The normalized spacial score (nSPS) is 22.2. The average molecular weight is 543 g/mol. The number of benzene rings is 1. The summed E-state index contributed by atoms with van der Waals surface area (Å²) < 4.78 is 5.82. The van der Waals surface area contributed by atoms with E-state index in [9.17, 15) is 4.79 Å².